The van der Waals surface area contributed by atoms with Crippen LogP contribution in [0.15, 0.2) is 42.5 Å². The van der Waals surface area contributed by atoms with Crippen LogP contribution in [0.25, 0.3) is 0 Å². The van der Waals surface area contributed by atoms with Gasteiger partial charge in [0.05, 0.1) is 12.1 Å². The summed E-state index contributed by atoms with van der Waals surface area (Å²) in [4.78, 5) is 0.0488. The Kier molecular flexibility index (Phi) is 4.83. The lowest BCUT2D eigenvalue weighted by molar-refractivity contribution is 0.414. The van der Waals surface area contributed by atoms with E-state index >= 15 is 0 Å². The first-order chi connectivity index (χ1) is 9.10. The molecule has 2 aromatic carbocycles. The van der Waals surface area contributed by atoms with E-state index in [0.717, 1.165) is 23.3 Å². The Morgan fingerprint density at radius 1 is 1.21 bits per heavy atom. The number of rotatable bonds is 4. The van der Waals surface area contributed by atoms with Crippen molar-refractivity contribution in [1.29, 1.82) is 0 Å². The van der Waals surface area contributed by atoms with Crippen molar-refractivity contribution in [2.24, 2.45) is 0 Å². The number of alkyl halides is 1. The first-order valence-electron chi connectivity index (χ1n) is 5.82. The third kappa shape index (κ3) is 3.71. The van der Waals surface area contributed by atoms with Crippen LogP contribution in [0.3, 0.4) is 0 Å². The Labute approximate surface area is 125 Å². The predicted molar refractivity (Wildman–Crippen MR) is 79.8 cm³/mol. The Bertz CT molecular complexity index is 557. The lowest BCUT2D eigenvalue weighted by atomic mass is 10.0. The zero-order valence-corrected chi connectivity index (χ0v) is 12.7. The van der Waals surface area contributed by atoms with Crippen LogP contribution in [0.5, 0.6) is 5.75 Å². The molecule has 0 saturated heterocycles. The second-order valence-electron chi connectivity index (χ2n) is 4.19. The monoisotopic (exact) mass is 342 g/mol. The van der Waals surface area contributed by atoms with Crippen molar-refractivity contribution in [3.8, 4) is 5.75 Å². The van der Waals surface area contributed by atoms with Gasteiger partial charge in [-0.25, -0.2) is 4.39 Å². The fourth-order valence-corrected chi connectivity index (χ4v) is 2.57. The molecule has 1 atom stereocenters. The van der Waals surface area contributed by atoms with Gasteiger partial charge in [-0.3, -0.25) is 0 Å². The molecule has 1 nitrogen and oxygen atoms in total. The van der Waals surface area contributed by atoms with E-state index in [0.29, 0.717) is 0 Å². The molecule has 0 saturated carbocycles. The summed E-state index contributed by atoms with van der Waals surface area (Å²) in [7, 11) is 1.64. The third-order valence-corrected chi connectivity index (χ3v) is 4.04. The average molecular weight is 344 g/mol. The minimum Gasteiger partial charge on any atom is -0.497 e. The van der Waals surface area contributed by atoms with Crippen molar-refractivity contribution >= 4 is 27.5 Å². The maximum Gasteiger partial charge on any atom is 0.142 e. The number of methoxy groups -OCH3 is 1. The van der Waals surface area contributed by atoms with Gasteiger partial charge < -0.3 is 4.74 Å². The van der Waals surface area contributed by atoms with E-state index in [1.165, 1.54) is 6.07 Å². The van der Waals surface area contributed by atoms with Gasteiger partial charge in [-0.1, -0.05) is 45.7 Å². The van der Waals surface area contributed by atoms with E-state index in [9.17, 15) is 4.39 Å². The van der Waals surface area contributed by atoms with Crippen LogP contribution in [-0.4, -0.2) is 7.11 Å². The van der Waals surface area contributed by atoms with Gasteiger partial charge in [-0.15, -0.1) is 0 Å². The summed E-state index contributed by atoms with van der Waals surface area (Å²) in [6.07, 6.45) is 0.769. The Morgan fingerprint density at radius 2 is 1.89 bits per heavy atom. The van der Waals surface area contributed by atoms with Gasteiger partial charge in [0.2, 0.25) is 0 Å². The largest absolute Gasteiger partial charge is 0.497 e. The Hall–Kier alpha value is -1.06. The zero-order valence-electron chi connectivity index (χ0n) is 10.4. The highest BCUT2D eigenvalue weighted by Crippen LogP contribution is 2.29. The quantitative estimate of drug-likeness (QED) is 0.696. The second kappa shape index (κ2) is 6.40. The van der Waals surface area contributed by atoms with Crippen molar-refractivity contribution in [2.45, 2.75) is 11.2 Å². The van der Waals surface area contributed by atoms with E-state index in [1.807, 2.05) is 30.3 Å². The molecule has 19 heavy (non-hydrogen) atoms. The fraction of sp³-hybridized carbons (Fsp3) is 0.200. The van der Waals surface area contributed by atoms with E-state index in [1.54, 1.807) is 13.2 Å². The summed E-state index contributed by atoms with van der Waals surface area (Å²) in [6.45, 7) is 0. The molecule has 1 unspecified atom stereocenters. The SMILES string of the molecule is COc1ccc(CC(Br)c2ccc(Cl)c(F)c2)cc1. The smallest absolute Gasteiger partial charge is 0.142 e. The number of halogens is 3. The van der Waals surface area contributed by atoms with Gasteiger partial charge in [-0.05, 0) is 41.8 Å². The Balaban J connectivity index is 2.10. The molecule has 100 valence electrons. The summed E-state index contributed by atoms with van der Waals surface area (Å²) in [6, 6.07) is 12.7. The summed E-state index contributed by atoms with van der Waals surface area (Å²) >= 11 is 9.25. The average Bonchev–Trinajstić information content (AvgIpc) is 2.42. The number of ether oxygens (including phenoxy) is 1. The van der Waals surface area contributed by atoms with Crippen molar-refractivity contribution in [1.82, 2.24) is 0 Å². The van der Waals surface area contributed by atoms with Gasteiger partial charge in [0.15, 0.2) is 0 Å². The van der Waals surface area contributed by atoms with Crippen LogP contribution >= 0.6 is 27.5 Å². The molecule has 0 fully saturated rings. The van der Waals surface area contributed by atoms with Crippen LogP contribution in [0.4, 0.5) is 4.39 Å². The van der Waals surface area contributed by atoms with Gasteiger partial charge in [0.1, 0.15) is 11.6 Å². The molecule has 2 aromatic rings. The van der Waals surface area contributed by atoms with Gasteiger partial charge in [-0.2, -0.15) is 0 Å². The number of benzene rings is 2. The maximum absolute atomic E-state index is 13.4. The fourth-order valence-electron chi connectivity index (χ4n) is 1.79. The normalized spacial score (nSPS) is 12.2. The highest BCUT2D eigenvalue weighted by Gasteiger charge is 2.11. The van der Waals surface area contributed by atoms with Crippen molar-refractivity contribution in [3.05, 3.63) is 64.4 Å². The summed E-state index contributed by atoms with van der Waals surface area (Å²) in [5.41, 5.74) is 2.02. The topological polar surface area (TPSA) is 9.23 Å². The van der Waals surface area contributed by atoms with Gasteiger partial charge >= 0.3 is 0 Å². The van der Waals surface area contributed by atoms with Crippen LogP contribution in [0, 0.1) is 5.82 Å². The van der Waals surface area contributed by atoms with E-state index in [-0.39, 0.29) is 9.85 Å². The molecule has 0 heterocycles. The van der Waals surface area contributed by atoms with Crippen molar-refractivity contribution < 1.29 is 9.13 Å². The zero-order chi connectivity index (χ0) is 13.8. The van der Waals surface area contributed by atoms with Crippen molar-refractivity contribution in [3.63, 3.8) is 0 Å². The maximum atomic E-state index is 13.4. The number of hydrogen-bond acceptors (Lipinski definition) is 1. The summed E-state index contributed by atoms with van der Waals surface area (Å²) < 4.78 is 18.5. The molecule has 0 N–H and O–H groups in total. The third-order valence-electron chi connectivity index (χ3n) is 2.88. The number of hydrogen-bond donors (Lipinski definition) is 0. The lowest BCUT2D eigenvalue weighted by Crippen LogP contribution is -1.96. The van der Waals surface area contributed by atoms with E-state index in [4.69, 9.17) is 16.3 Å². The van der Waals surface area contributed by atoms with E-state index < -0.39 is 5.82 Å². The highest BCUT2D eigenvalue weighted by atomic mass is 79.9. The molecule has 0 bridgehead atoms. The van der Waals surface area contributed by atoms with Crippen LogP contribution in [-0.2, 0) is 6.42 Å². The first-order valence-corrected chi connectivity index (χ1v) is 7.11. The molecule has 0 radical (unpaired) electrons. The molecule has 0 aliphatic heterocycles. The summed E-state index contributed by atoms with van der Waals surface area (Å²) in [5.74, 6) is 0.436. The molecular weight excluding hydrogens is 331 g/mol. The molecule has 4 heteroatoms. The molecule has 0 aliphatic rings. The van der Waals surface area contributed by atoms with Crippen LogP contribution in [0.2, 0.25) is 5.02 Å². The Morgan fingerprint density at radius 3 is 2.47 bits per heavy atom. The molecular formula is C15H13BrClFO. The minimum absolute atomic E-state index is 0.0488. The second-order valence-corrected chi connectivity index (χ2v) is 5.71. The first kappa shape index (κ1) is 14.4. The van der Waals surface area contributed by atoms with Gasteiger partial charge in [0.25, 0.3) is 0 Å². The predicted octanol–water partition coefficient (Wildman–Crippen LogP) is 5.17. The van der Waals surface area contributed by atoms with Crippen LogP contribution in [0.1, 0.15) is 16.0 Å². The van der Waals surface area contributed by atoms with Crippen molar-refractivity contribution in [2.75, 3.05) is 7.11 Å². The van der Waals surface area contributed by atoms with E-state index in [2.05, 4.69) is 15.9 Å². The van der Waals surface area contributed by atoms with Crippen LogP contribution < -0.4 is 4.74 Å². The lowest BCUT2D eigenvalue weighted by Gasteiger charge is -2.11. The molecule has 2 rings (SSSR count). The summed E-state index contributed by atoms with van der Waals surface area (Å²) in [5, 5.41) is 0.146. The standard InChI is InChI=1S/C15H13BrClFO/c1-19-12-5-2-10(3-6-12)8-13(16)11-4-7-14(17)15(18)9-11/h2-7,9,13H,8H2,1H3. The van der Waals surface area contributed by atoms with Gasteiger partial charge in [0, 0.05) is 4.83 Å². The molecule has 0 spiro atoms. The molecule has 0 aromatic heterocycles. The highest BCUT2D eigenvalue weighted by molar-refractivity contribution is 9.09. The minimum atomic E-state index is -0.390. The molecule has 0 aliphatic carbocycles. The molecule has 0 amide bonds.